The molecular formula is C22H24N4O4S2. The van der Waals surface area contributed by atoms with E-state index in [1.165, 1.54) is 11.8 Å². The lowest BCUT2D eigenvalue weighted by molar-refractivity contribution is 0.0754. The summed E-state index contributed by atoms with van der Waals surface area (Å²) in [6.45, 7) is 4.60. The van der Waals surface area contributed by atoms with Gasteiger partial charge >= 0.3 is 0 Å². The highest BCUT2D eigenvalue weighted by Gasteiger charge is 2.33. The molecule has 1 N–H and O–H groups in total. The average molecular weight is 473 g/mol. The van der Waals surface area contributed by atoms with Crippen molar-refractivity contribution in [2.45, 2.75) is 31.3 Å². The molecule has 2 aromatic rings. The molecule has 0 fully saturated rings. The standard InChI is InChI=1S/C22H24N4O4S2/c1-14(2)25(3)21(28)16-6-4-15(5-7-16)13-23-20(27)17-8-9-18-19(12-17)31-22-24-32(29,30)11-10-26(18)22/h4-9,12,14H,10-11,13H2,1-3H3,(H,23,27). The van der Waals surface area contributed by atoms with Gasteiger partial charge in [0.2, 0.25) is 0 Å². The van der Waals surface area contributed by atoms with E-state index in [-0.39, 0.29) is 23.6 Å². The third-order valence-electron chi connectivity index (χ3n) is 5.48. The molecule has 2 aliphatic heterocycles. The van der Waals surface area contributed by atoms with Crippen molar-refractivity contribution in [2.75, 3.05) is 24.2 Å². The number of sulfonamides is 1. The number of hydrogen-bond donors (Lipinski definition) is 1. The summed E-state index contributed by atoms with van der Waals surface area (Å²) in [5.41, 5.74) is 2.85. The fourth-order valence-corrected chi connectivity index (χ4v) is 5.66. The Morgan fingerprint density at radius 3 is 2.53 bits per heavy atom. The maximum atomic E-state index is 12.7. The summed E-state index contributed by atoms with van der Waals surface area (Å²) < 4.78 is 27.3. The minimum absolute atomic E-state index is 0.0170. The molecule has 4 rings (SSSR count). The molecule has 168 valence electrons. The second-order valence-electron chi connectivity index (χ2n) is 7.99. The van der Waals surface area contributed by atoms with E-state index in [0.717, 1.165) is 16.1 Å². The van der Waals surface area contributed by atoms with E-state index in [9.17, 15) is 18.0 Å². The van der Waals surface area contributed by atoms with Crippen molar-refractivity contribution in [3.63, 3.8) is 0 Å². The van der Waals surface area contributed by atoms with E-state index in [2.05, 4.69) is 9.71 Å². The molecular weight excluding hydrogens is 448 g/mol. The monoisotopic (exact) mass is 472 g/mol. The molecule has 2 aromatic carbocycles. The van der Waals surface area contributed by atoms with Gasteiger partial charge in [-0.25, -0.2) is 8.42 Å². The van der Waals surface area contributed by atoms with Crippen LogP contribution < -0.4 is 10.2 Å². The number of benzene rings is 2. The summed E-state index contributed by atoms with van der Waals surface area (Å²) >= 11 is 1.26. The van der Waals surface area contributed by atoms with Crippen molar-refractivity contribution in [1.82, 2.24) is 10.2 Å². The number of carbonyl (C=O) groups excluding carboxylic acids is 2. The average Bonchev–Trinajstić information content (AvgIpc) is 3.12. The summed E-state index contributed by atoms with van der Waals surface area (Å²) in [7, 11) is -1.64. The SMILES string of the molecule is CC(C)N(C)C(=O)c1ccc(CNC(=O)c2ccc3c(c2)SC2=NS(=O)(=O)CCN23)cc1. The van der Waals surface area contributed by atoms with Crippen molar-refractivity contribution in [3.05, 3.63) is 59.2 Å². The molecule has 0 bridgehead atoms. The van der Waals surface area contributed by atoms with E-state index in [0.29, 0.717) is 29.4 Å². The molecule has 0 spiro atoms. The van der Waals surface area contributed by atoms with E-state index < -0.39 is 10.0 Å². The van der Waals surface area contributed by atoms with Gasteiger partial charge in [0.25, 0.3) is 21.8 Å². The fraction of sp³-hybridized carbons (Fsp3) is 0.318. The Hall–Kier alpha value is -2.85. The van der Waals surface area contributed by atoms with Gasteiger partial charge in [0, 0.05) is 42.2 Å². The first-order chi connectivity index (χ1) is 15.1. The number of fused-ring (bicyclic) bond motifs is 3. The second kappa shape index (κ2) is 8.59. The molecule has 32 heavy (non-hydrogen) atoms. The Labute approximate surface area is 191 Å². The molecule has 8 nitrogen and oxygen atoms in total. The smallest absolute Gasteiger partial charge is 0.257 e. The van der Waals surface area contributed by atoms with E-state index in [4.69, 9.17) is 0 Å². The quantitative estimate of drug-likeness (QED) is 0.718. The zero-order valence-electron chi connectivity index (χ0n) is 18.0. The van der Waals surface area contributed by atoms with Crippen LogP contribution in [0.2, 0.25) is 0 Å². The number of amides is 2. The minimum atomic E-state index is -3.42. The highest BCUT2D eigenvalue weighted by molar-refractivity contribution is 8.15. The molecule has 0 aliphatic carbocycles. The van der Waals surface area contributed by atoms with Gasteiger partial charge in [-0.05, 0) is 61.5 Å². The number of thioether (sulfide) groups is 1. The number of hydrogen-bond acceptors (Lipinski definition) is 6. The number of rotatable bonds is 5. The first-order valence-corrected chi connectivity index (χ1v) is 12.6. The van der Waals surface area contributed by atoms with Crippen LogP contribution in [0, 0.1) is 0 Å². The van der Waals surface area contributed by atoms with Gasteiger partial charge in [-0.1, -0.05) is 12.1 Å². The van der Waals surface area contributed by atoms with Crippen molar-refractivity contribution in [2.24, 2.45) is 4.40 Å². The first kappa shape index (κ1) is 22.3. The largest absolute Gasteiger partial charge is 0.348 e. The molecule has 0 saturated carbocycles. The van der Waals surface area contributed by atoms with Crippen LogP contribution in [0.4, 0.5) is 5.69 Å². The summed E-state index contributed by atoms with van der Waals surface area (Å²) in [5, 5.41) is 3.32. The lowest BCUT2D eigenvalue weighted by Crippen LogP contribution is -2.35. The Morgan fingerprint density at radius 2 is 1.84 bits per heavy atom. The predicted molar refractivity (Wildman–Crippen MR) is 126 cm³/mol. The molecule has 0 radical (unpaired) electrons. The third-order valence-corrected chi connectivity index (χ3v) is 7.79. The van der Waals surface area contributed by atoms with Crippen LogP contribution in [0.1, 0.15) is 40.1 Å². The second-order valence-corrected chi connectivity index (χ2v) is 10.7. The van der Waals surface area contributed by atoms with Gasteiger partial charge in [-0.3, -0.25) is 9.59 Å². The maximum absolute atomic E-state index is 12.7. The van der Waals surface area contributed by atoms with E-state index in [1.807, 2.05) is 36.9 Å². The van der Waals surface area contributed by atoms with Gasteiger partial charge in [0.05, 0.1) is 11.4 Å². The zero-order valence-corrected chi connectivity index (χ0v) is 19.7. The lowest BCUT2D eigenvalue weighted by Gasteiger charge is -2.22. The molecule has 0 aromatic heterocycles. The van der Waals surface area contributed by atoms with Gasteiger partial charge in [0.1, 0.15) is 0 Å². The topological polar surface area (TPSA) is 99.1 Å². The van der Waals surface area contributed by atoms with Crippen molar-refractivity contribution in [3.8, 4) is 0 Å². The first-order valence-electron chi connectivity index (χ1n) is 10.2. The van der Waals surface area contributed by atoms with E-state index in [1.54, 1.807) is 36.2 Å². The van der Waals surface area contributed by atoms with Crippen LogP contribution in [-0.4, -0.2) is 55.7 Å². The van der Waals surface area contributed by atoms with Crippen LogP contribution in [0.5, 0.6) is 0 Å². The molecule has 0 atom stereocenters. The van der Waals surface area contributed by atoms with Crippen LogP contribution in [0.25, 0.3) is 0 Å². The molecule has 2 aliphatic rings. The number of anilines is 1. The van der Waals surface area contributed by atoms with Gasteiger partial charge in [0.15, 0.2) is 5.17 Å². The number of amidine groups is 1. The van der Waals surface area contributed by atoms with Gasteiger partial charge < -0.3 is 15.1 Å². The predicted octanol–water partition coefficient (Wildman–Crippen LogP) is 2.71. The molecule has 0 unspecified atom stereocenters. The summed E-state index contributed by atoms with van der Waals surface area (Å²) in [4.78, 5) is 29.4. The Kier molecular flexibility index (Phi) is 6.00. The number of nitrogens with one attached hydrogen (secondary N) is 1. The molecule has 2 amide bonds. The summed E-state index contributed by atoms with van der Waals surface area (Å²) in [5.74, 6) is -0.288. The molecule has 0 saturated heterocycles. The molecule has 10 heteroatoms. The van der Waals surface area contributed by atoms with Crippen LogP contribution in [0.15, 0.2) is 51.8 Å². The van der Waals surface area contributed by atoms with Crippen molar-refractivity contribution >= 4 is 44.5 Å². The summed E-state index contributed by atoms with van der Waals surface area (Å²) in [6.07, 6.45) is 0. The third kappa shape index (κ3) is 4.51. The Bertz CT molecular complexity index is 1210. The normalized spacial score (nSPS) is 16.2. The van der Waals surface area contributed by atoms with Gasteiger partial charge in [-0.2, -0.15) is 0 Å². The number of nitrogens with zero attached hydrogens (tertiary/aromatic N) is 3. The Morgan fingerprint density at radius 1 is 1.16 bits per heavy atom. The highest BCUT2D eigenvalue weighted by atomic mass is 32.2. The van der Waals surface area contributed by atoms with E-state index >= 15 is 0 Å². The maximum Gasteiger partial charge on any atom is 0.257 e. The summed E-state index contributed by atoms with van der Waals surface area (Å²) in [6, 6.07) is 12.6. The zero-order chi connectivity index (χ0) is 23.0. The number of carbonyl (C=O) groups is 2. The van der Waals surface area contributed by atoms with Gasteiger partial charge in [-0.15, -0.1) is 4.40 Å². The van der Waals surface area contributed by atoms with Crippen molar-refractivity contribution < 1.29 is 18.0 Å². The van der Waals surface area contributed by atoms with Crippen LogP contribution in [-0.2, 0) is 16.6 Å². The van der Waals surface area contributed by atoms with Crippen molar-refractivity contribution in [1.29, 1.82) is 0 Å². The van der Waals surface area contributed by atoms with Crippen LogP contribution in [0.3, 0.4) is 0 Å². The molecule has 2 heterocycles. The highest BCUT2D eigenvalue weighted by Crippen LogP contribution is 2.42. The fourth-order valence-electron chi connectivity index (χ4n) is 3.36. The van der Waals surface area contributed by atoms with Crippen LogP contribution >= 0.6 is 11.8 Å². The lowest BCUT2D eigenvalue weighted by atomic mass is 10.1. The minimum Gasteiger partial charge on any atom is -0.348 e. The Balaban J connectivity index is 1.40.